The van der Waals surface area contributed by atoms with Gasteiger partial charge in [-0.15, -0.1) is 0 Å². The predicted octanol–water partition coefficient (Wildman–Crippen LogP) is 4.82. The summed E-state index contributed by atoms with van der Waals surface area (Å²) >= 11 is 5.85. The van der Waals surface area contributed by atoms with Crippen molar-refractivity contribution in [2.45, 2.75) is 26.2 Å². The first-order chi connectivity index (χ1) is 8.47. The van der Waals surface area contributed by atoms with Crippen LogP contribution in [0.4, 0.5) is 0 Å². The number of nitrogens with zero attached hydrogens (tertiary/aromatic N) is 1. The second kappa shape index (κ2) is 4.99. The molecule has 0 bridgehead atoms. The second-order valence-corrected chi connectivity index (χ2v) is 5.55. The quantitative estimate of drug-likeness (QED) is 0.723. The van der Waals surface area contributed by atoms with Crippen molar-refractivity contribution < 1.29 is 4.74 Å². The fourth-order valence-electron chi connectivity index (χ4n) is 1.75. The lowest BCUT2D eigenvalue weighted by Gasteiger charge is -2.22. The number of benzene rings is 1. The SMILES string of the molecule is CC(C)(C)c1ccccc1Oc1ccnc(Cl)c1. The second-order valence-electron chi connectivity index (χ2n) is 5.16. The topological polar surface area (TPSA) is 22.1 Å². The first-order valence-corrected chi connectivity index (χ1v) is 6.23. The third-order valence-corrected chi connectivity index (χ3v) is 2.83. The Morgan fingerprint density at radius 1 is 1.11 bits per heavy atom. The molecule has 1 aromatic heterocycles. The van der Waals surface area contributed by atoms with Crippen molar-refractivity contribution in [1.82, 2.24) is 4.98 Å². The fraction of sp³-hybridized carbons (Fsp3) is 0.267. The summed E-state index contributed by atoms with van der Waals surface area (Å²) in [4.78, 5) is 3.94. The third-order valence-electron chi connectivity index (χ3n) is 2.62. The molecule has 0 spiro atoms. The van der Waals surface area contributed by atoms with Gasteiger partial charge in [0.1, 0.15) is 16.7 Å². The van der Waals surface area contributed by atoms with Crippen molar-refractivity contribution in [1.29, 1.82) is 0 Å². The molecule has 2 aromatic rings. The maximum Gasteiger partial charge on any atom is 0.132 e. The van der Waals surface area contributed by atoms with Crippen molar-refractivity contribution >= 4 is 11.6 Å². The van der Waals surface area contributed by atoms with Crippen LogP contribution in [-0.4, -0.2) is 4.98 Å². The minimum Gasteiger partial charge on any atom is -0.457 e. The van der Waals surface area contributed by atoms with Gasteiger partial charge in [-0.2, -0.15) is 0 Å². The molecule has 0 saturated heterocycles. The normalized spacial score (nSPS) is 11.3. The van der Waals surface area contributed by atoms with E-state index in [1.54, 1.807) is 18.3 Å². The average molecular weight is 262 g/mol. The Balaban J connectivity index is 2.35. The molecule has 0 N–H and O–H groups in total. The summed E-state index contributed by atoms with van der Waals surface area (Å²) < 4.78 is 5.89. The van der Waals surface area contributed by atoms with Crippen molar-refractivity contribution in [2.24, 2.45) is 0 Å². The van der Waals surface area contributed by atoms with Gasteiger partial charge in [0, 0.05) is 17.8 Å². The summed E-state index contributed by atoms with van der Waals surface area (Å²) in [5.41, 5.74) is 1.20. The molecule has 3 heteroatoms. The lowest BCUT2D eigenvalue weighted by molar-refractivity contribution is 0.455. The number of aromatic nitrogens is 1. The molecule has 1 aromatic carbocycles. The van der Waals surface area contributed by atoms with Crippen molar-refractivity contribution in [2.75, 3.05) is 0 Å². The zero-order valence-corrected chi connectivity index (χ0v) is 11.5. The van der Waals surface area contributed by atoms with Crippen LogP contribution in [0.1, 0.15) is 26.3 Å². The van der Waals surface area contributed by atoms with E-state index in [1.807, 2.05) is 18.2 Å². The van der Waals surface area contributed by atoms with Gasteiger partial charge in [0.05, 0.1) is 0 Å². The van der Waals surface area contributed by atoms with Crippen LogP contribution in [0, 0.1) is 0 Å². The number of pyridine rings is 1. The molecule has 0 aliphatic heterocycles. The van der Waals surface area contributed by atoms with Gasteiger partial charge in [-0.1, -0.05) is 50.6 Å². The number of rotatable bonds is 2. The van der Waals surface area contributed by atoms with Gasteiger partial charge in [0.25, 0.3) is 0 Å². The van der Waals surface area contributed by atoms with Crippen LogP contribution in [0.25, 0.3) is 0 Å². The number of hydrogen-bond acceptors (Lipinski definition) is 2. The van der Waals surface area contributed by atoms with Crippen LogP contribution in [0.2, 0.25) is 5.15 Å². The van der Waals surface area contributed by atoms with E-state index in [0.717, 1.165) is 11.3 Å². The van der Waals surface area contributed by atoms with Crippen LogP contribution in [-0.2, 0) is 5.41 Å². The van der Waals surface area contributed by atoms with E-state index in [1.165, 1.54) is 0 Å². The van der Waals surface area contributed by atoms with Crippen LogP contribution in [0.15, 0.2) is 42.6 Å². The van der Waals surface area contributed by atoms with Gasteiger partial charge in [0.2, 0.25) is 0 Å². The Labute approximate surface area is 113 Å². The third kappa shape index (κ3) is 3.02. The summed E-state index contributed by atoms with van der Waals surface area (Å²) in [7, 11) is 0. The van der Waals surface area contributed by atoms with Gasteiger partial charge in [0.15, 0.2) is 0 Å². The molecule has 0 atom stereocenters. The lowest BCUT2D eigenvalue weighted by Crippen LogP contribution is -2.12. The lowest BCUT2D eigenvalue weighted by atomic mass is 9.86. The smallest absolute Gasteiger partial charge is 0.132 e. The first-order valence-electron chi connectivity index (χ1n) is 5.86. The highest BCUT2D eigenvalue weighted by Gasteiger charge is 2.18. The van der Waals surface area contributed by atoms with Crippen LogP contribution in [0.5, 0.6) is 11.5 Å². The van der Waals surface area contributed by atoms with Gasteiger partial charge >= 0.3 is 0 Å². The summed E-state index contributed by atoms with van der Waals surface area (Å²) in [6, 6.07) is 11.5. The van der Waals surface area contributed by atoms with Gasteiger partial charge < -0.3 is 4.74 Å². The Bertz CT molecular complexity index is 546. The van der Waals surface area contributed by atoms with Crippen molar-refractivity contribution in [3.63, 3.8) is 0 Å². The molecule has 0 fully saturated rings. The van der Waals surface area contributed by atoms with E-state index in [2.05, 4.69) is 31.8 Å². The molecule has 0 aliphatic carbocycles. The highest BCUT2D eigenvalue weighted by atomic mass is 35.5. The maximum absolute atomic E-state index is 5.89. The molecule has 18 heavy (non-hydrogen) atoms. The van der Waals surface area contributed by atoms with E-state index < -0.39 is 0 Å². The largest absolute Gasteiger partial charge is 0.457 e. The number of halogens is 1. The van der Waals surface area contributed by atoms with Gasteiger partial charge in [-0.05, 0) is 17.5 Å². The molecular formula is C15H16ClNO. The number of hydrogen-bond donors (Lipinski definition) is 0. The molecule has 0 amide bonds. The van der Waals surface area contributed by atoms with Gasteiger partial charge in [-0.3, -0.25) is 0 Å². The predicted molar refractivity (Wildman–Crippen MR) is 74.5 cm³/mol. The van der Waals surface area contributed by atoms with E-state index in [4.69, 9.17) is 16.3 Å². The fourth-order valence-corrected chi connectivity index (χ4v) is 1.91. The first kappa shape index (κ1) is 12.9. The zero-order chi connectivity index (χ0) is 13.2. The molecule has 0 aliphatic rings. The van der Waals surface area contributed by atoms with Crippen LogP contribution >= 0.6 is 11.6 Å². The summed E-state index contributed by atoms with van der Waals surface area (Å²) in [5, 5.41) is 0.431. The molecule has 2 nitrogen and oxygen atoms in total. The Kier molecular flexibility index (Phi) is 3.58. The van der Waals surface area contributed by atoms with Crippen molar-refractivity contribution in [3.05, 3.63) is 53.3 Å². The number of para-hydroxylation sites is 1. The summed E-state index contributed by atoms with van der Waals surface area (Å²) in [6.45, 7) is 6.48. The molecule has 2 rings (SSSR count). The van der Waals surface area contributed by atoms with E-state index >= 15 is 0 Å². The van der Waals surface area contributed by atoms with Crippen LogP contribution < -0.4 is 4.74 Å². The monoisotopic (exact) mass is 261 g/mol. The molecule has 0 saturated carbocycles. The molecule has 94 valence electrons. The summed E-state index contributed by atoms with van der Waals surface area (Å²) in [6.07, 6.45) is 1.64. The maximum atomic E-state index is 5.89. The highest BCUT2D eigenvalue weighted by Crippen LogP contribution is 2.34. The summed E-state index contributed by atoms with van der Waals surface area (Å²) in [5.74, 6) is 1.55. The minimum absolute atomic E-state index is 0.0351. The Hall–Kier alpha value is -1.54. The molecule has 1 heterocycles. The molecular weight excluding hydrogens is 246 g/mol. The highest BCUT2D eigenvalue weighted by molar-refractivity contribution is 6.29. The minimum atomic E-state index is 0.0351. The zero-order valence-electron chi connectivity index (χ0n) is 10.8. The standard InChI is InChI=1S/C15H16ClNO/c1-15(2,3)12-6-4-5-7-13(12)18-11-8-9-17-14(16)10-11/h4-10H,1-3H3. The molecule has 0 unspecified atom stereocenters. The van der Waals surface area contributed by atoms with Crippen LogP contribution in [0.3, 0.4) is 0 Å². The van der Waals surface area contributed by atoms with E-state index in [9.17, 15) is 0 Å². The Morgan fingerprint density at radius 3 is 2.50 bits per heavy atom. The number of ether oxygens (including phenoxy) is 1. The van der Waals surface area contributed by atoms with Gasteiger partial charge in [-0.25, -0.2) is 4.98 Å². The average Bonchev–Trinajstić information content (AvgIpc) is 2.28. The molecule has 0 radical (unpaired) electrons. The Morgan fingerprint density at radius 2 is 1.83 bits per heavy atom. The van der Waals surface area contributed by atoms with E-state index in [0.29, 0.717) is 10.9 Å². The van der Waals surface area contributed by atoms with E-state index in [-0.39, 0.29) is 5.41 Å². The van der Waals surface area contributed by atoms with Crippen molar-refractivity contribution in [3.8, 4) is 11.5 Å².